The minimum atomic E-state index is 0.167. The Morgan fingerprint density at radius 1 is 1.20 bits per heavy atom. The van der Waals surface area contributed by atoms with E-state index in [1.165, 1.54) is 38.6 Å². The predicted molar refractivity (Wildman–Crippen MR) is 81.4 cm³/mol. The first kappa shape index (κ1) is 14.4. The van der Waals surface area contributed by atoms with Crippen molar-refractivity contribution < 1.29 is 4.79 Å². The highest BCUT2D eigenvalue weighted by atomic mass is 16.2. The van der Waals surface area contributed by atoms with Gasteiger partial charge in [0, 0.05) is 24.5 Å². The van der Waals surface area contributed by atoms with Crippen LogP contribution in [-0.4, -0.2) is 36.0 Å². The third kappa shape index (κ3) is 2.18. The molecule has 3 nitrogen and oxygen atoms in total. The van der Waals surface area contributed by atoms with E-state index in [-0.39, 0.29) is 5.92 Å². The Labute approximate surface area is 123 Å². The molecule has 0 bridgehead atoms. The van der Waals surface area contributed by atoms with Crippen LogP contribution < -0.4 is 5.32 Å². The number of amides is 1. The van der Waals surface area contributed by atoms with E-state index in [2.05, 4.69) is 31.0 Å². The molecule has 3 heteroatoms. The Morgan fingerprint density at radius 2 is 2.00 bits per heavy atom. The summed E-state index contributed by atoms with van der Waals surface area (Å²) in [4.78, 5) is 14.8. The number of hydrogen-bond acceptors (Lipinski definition) is 2. The van der Waals surface area contributed by atoms with Gasteiger partial charge in [-0.25, -0.2) is 0 Å². The van der Waals surface area contributed by atoms with Crippen LogP contribution in [0.5, 0.6) is 0 Å². The fourth-order valence-corrected chi connectivity index (χ4v) is 4.63. The Hall–Kier alpha value is -0.570. The van der Waals surface area contributed by atoms with Crippen LogP contribution in [0.1, 0.15) is 52.9 Å². The molecule has 2 heterocycles. The zero-order chi connectivity index (χ0) is 14.3. The monoisotopic (exact) mass is 278 g/mol. The van der Waals surface area contributed by atoms with Gasteiger partial charge in [0.15, 0.2) is 0 Å². The second kappa shape index (κ2) is 5.32. The van der Waals surface area contributed by atoms with Gasteiger partial charge in [-0.2, -0.15) is 0 Å². The maximum atomic E-state index is 12.6. The molecule has 0 aromatic carbocycles. The summed E-state index contributed by atoms with van der Waals surface area (Å²) in [6.07, 6.45) is 6.59. The normalized spacial score (nSPS) is 38.5. The molecule has 3 fully saturated rings. The lowest BCUT2D eigenvalue weighted by atomic mass is 9.59. The van der Waals surface area contributed by atoms with E-state index in [1.807, 2.05) is 0 Å². The summed E-state index contributed by atoms with van der Waals surface area (Å²) < 4.78 is 0. The van der Waals surface area contributed by atoms with Crippen LogP contribution in [-0.2, 0) is 4.79 Å². The standard InChI is InChI=1S/C17H30N2O/c1-12(2)13(3)16(20)19-10-4-5-15(11-19)17-8-6-14(17)7-9-18-17/h12-15,18H,4-11H2,1-3H3. The molecular weight excluding hydrogens is 248 g/mol. The van der Waals surface area contributed by atoms with Gasteiger partial charge < -0.3 is 10.2 Å². The van der Waals surface area contributed by atoms with Gasteiger partial charge in [-0.3, -0.25) is 4.79 Å². The van der Waals surface area contributed by atoms with Gasteiger partial charge >= 0.3 is 0 Å². The third-order valence-corrected chi connectivity index (χ3v) is 6.43. The smallest absolute Gasteiger partial charge is 0.225 e. The second-order valence-corrected chi connectivity index (χ2v) is 7.65. The first-order valence-electron chi connectivity index (χ1n) is 8.58. The molecule has 0 aromatic rings. The van der Waals surface area contributed by atoms with Crippen LogP contribution in [0.2, 0.25) is 0 Å². The Bertz CT molecular complexity index is 381. The average Bonchev–Trinajstić information content (AvgIpc) is 2.73. The number of hydrogen-bond donors (Lipinski definition) is 1. The zero-order valence-electron chi connectivity index (χ0n) is 13.3. The largest absolute Gasteiger partial charge is 0.342 e. The number of piperidine rings is 1. The lowest BCUT2D eigenvalue weighted by Crippen LogP contribution is -2.62. The molecule has 114 valence electrons. The van der Waals surface area contributed by atoms with Crippen LogP contribution in [0.4, 0.5) is 0 Å². The van der Waals surface area contributed by atoms with E-state index in [0.717, 1.165) is 19.0 Å². The van der Waals surface area contributed by atoms with Crippen LogP contribution in [0, 0.1) is 23.7 Å². The molecule has 0 aromatic heterocycles. The van der Waals surface area contributed by atoms with Crippen LogP contribution in [0.15, 0.2) is 0 Å². The highest BCUT2D eigenvalue weighted by Crippen LogP contribution is 2.51. The summed E-state index contributed by atoms with van der Waals surface area (Å²) >= 11 is 0. The molecule has 3 aliphatic rings. The van der Waals surface area contributed by atoms with Gasteiger partial charge in [-0.15, -0.1) is 0 Å². The first-order valence-corrected chi connectivity index (χ1v) is 8.58. The maximum absolute atomic E-state index is 12.6. The summed E-state index contributed by atoms with van der Waals surface area (Å²) in [5, 5.41) is 3.81. The Balaban J connectivity index is 1.66. The van der Waals surface area contributed by atoms with E-state index >= 15 is 0 Å². The molecule has 1 amide bonds. The van der Waals surface area contributed by atoms with E-state index in [9.17, 15) is 4.79 Å². The number of likely N-dealkylation sites (tertiary alicyclic amines) is 1. The summed E-state index contributed by atoms with van der Waals surface area (Å²) in [5.41, 5.74) is 0.403. The maximum Gasteiger partial charge on any atom is 0.225 e. The van der Waals surface area contributed by atoms with Crippen molar-refractivity contribution >= 4 is 5.91 Å². The van der Waals surface area contributed by atoms with Crippen molar-refractivity contribution in [2.75, 3.05) is 19.6 Å². The van der Waals surface area contributed by atoms with Crippen LogP contribution in [0.25, 0.3) is 0 Å². The van der Waals surface area contributed by atoms with Crippen molar-refractivity contribution in [2.24, 2.45) is 23.7 Å². The van der Waals surface area contributed by atoms with E-state index in [0.29, 0.717) is 23.3 Å². The molecule has 1 saturated carbocycles. The van der Waals surface area contributed by atoms with E-state index < -0.39 is 0 Å². The first-order chi connectivity index (χ1) is 9.54. The topological polar surface area (TPSA) is 32.3 Å². The van der Waals surface area contributed by atoms with Gasteiger partial charge in [-0.1, -0.05) is 20.8 Å². The number of nitrogens with one attached hydrogen (secondary N) is 1. The van der Waals surface area contributed by atoms with E-state index in [1.54, 1.807) is 0 Å². The molecule has 4 unspecified atom stereocenters. The SMILES string of the molecule is CC(C)C(C)C(=O)N1CCCC(C23CCC2CCN3)C1. The van der Waals surface area contributed by atoms with Crippen molar-refractivity contribution in [3.8, 4) is 0 Å². The van der Waals surface area contributed by atoms with Crippen molar-refractivity contribution in [2.45, 2.75) is 58.4 Å². The molecule has 1 N–H and O–H groups in total. The van der Waals surface area contributed by atoms with E-state index in [4.69, 9.17) is 0 Å². The summed E-state index contributed by atoms with van der Waals surface area (Å²) in [7, 11) is 0. The summed E-state index contributed by atoms with van der Waals surface area (Å²) in [6, 6.07) is 0. The summed E-state index contributed by atoms with van der Waals surface area (Å²) in [6.45, 7) is 9.57. The van der Waals surface area contributed by atoms with Crippen molar-refractivity contribution in [3.05, 3.63) is 0 Å². The lowest BCUT2D eigenvalue weighted by molar-refractivity contribution is -0.139. The van der Waals surface area contributed by atoms with Gasteiger partial charge in [0.05, 0.1) is 0 Å². The molecule has 0 spiro atoms. The quantitative estimate of drug-likeness (QED) is 0.861. The highest BCUT2D eigenvalue weighted by molar-refractivity contribution is 5.78. The van der Waals surface area contributed by atoms with Crippen LogP contribution >= 0.6 is 0 Å². The molecule has 1 aliphatic carbocycles. The second-order valence-electron chi connectivity index (χ2n) is 7.65. The Kier molecular flexibility index (Phi) is 3.83. The zero-order valence-corrected chi connectivity index (χ0v) is 13.3. The number of fused-ring (bicyclic) bond motifs is 1. The number of nitrogens with zero attached hydrogens (tertiary/aromatic N) is 1. The minimum Gasteiger partial charge on any atom is -0.342 e. The van der Waals surface area contributed by atoms with Crippen molar-refractivity contribution in [3.63, 3.8) is 0 Å². The summed E-state index contributed by atoms with van der Waals surface area (Å²) in [5.74, 6) is 2.59. The number of rotatable bonds is 3. The fraction of sp³-hybridized carbons (Fsp3) is 0.941. The highest BCUT2D eigenvalue weighted by Gasteiger charge is 2.54. The van der Waals surface area contributed by atoms with Gasteiger partial charge in [0.1, 0.15) is 0 Å². The van der Waals surface area contributed by atoms with Gasteiger partial charge in [0.25, 0.3) is 0 Å². The minimum absolute atomic E-state index is 0.167. The third-order valence-electron chi connectivity index (χ3n) is 6.43. The number of carbonyl (C=O) groups excluding carboxylic acids is 1. The molecule has 0 radical (unpaired) electrons. The molecule has 2 saturated heterocycles. The average molecular weight is 278 g/mol. The van der Waals surface area contributed by atoms with Crippen molar-refractivity contribution in [1.29, 1.82) is 0 Å². The molecular formula is C17H30N2O. The fourth-order valence-electron chi connectivity index (χ4n) is 4.63. The van der Waals surface area contributed by atoms with Gasteiger partial charge in [-0.05, 0) is 56.4 Å². The molecule has 2 aliphatic heterocycles. The molecule has 20 heavy (non-hydrogen) atoms. The lowest BCUT2D eigenvalue weighted by Gasteiger charge is -2.53. The predicted octanol–water partition coefficient (Wildman–Crippen LogP) is 2.66. The van der Waals surface area contributed by atoms with Gasteiger partial charge in [0.2, 0.25) is 5.91 Å². The molecule has 4 atom stereocenters. The Morgan fingerprint density at radius 3 is 2.60 bits per heavy atom. The number of carbonyl (C=O) groups is 1. The molecule has 3 rings (SSSR count). The van der Waals surface area contributed by atoms with Crippen molar-refractivity contribution in [1.82, 2.24) is 10.2 Å². The van der Waals surface area contributed by atoms with Crippen LogP contribution in [0.3, 0.4) is 0 Å².